The summed E-state index contributed by atoms with van der Waals surface area (Å²) in [5, 5.41) is 8.38. The number of amides is 2. The second kappa shape index (κ2) is 14.8. The van der Waals surface area contributed by atoms with Gasteiger partial charge in [-0.05, 0) is 91.8 Å². The average molecular weight is 771 g/mol. The molecule has 5 aromatic rings. The van der Waals surface area contributed by atoms with E-state index in [1.165, 1.54) is 6.33 Å². The predicted octanol–water partition coefficient (Wildman–Crippen LogP) is 5.12. The van der Waals surface area contributed by atoms with E-state index < -0.39 is 0 Å². The van der Waals surface area contributed by atoms with E-state index in [0.29, 0.717) is 49.5 Å². The summed E-state index contributed by atoms with van der Waals surface area (Å²) >= 11 is 0. The molecule has 3 aromatic carbocycles. The maximum absolute atomic E-state index is 15.4. The SMILES string of the molecule is Nc1ncnc2c1c(-c1ccc(Oc3ccccc3)cc1)nn2[C@H]1CC[C@H](N2CCN(C3CN(c4cc5c(cc4F)CN(C4CCC(=O)NC4=O)C5)C3)CC2)CC1. The number of piperidine rings is 1. The van der Waals surface area contributed by atoms with Crippen molar-refractivity contribution in [1.29, 1.82) is 0 Å². The molecule has 3 N–H and O–H groups in total. The van der Waals surface area contributed by atoms with Crippen LogP contribution in [0.25, 0.3) is 22.3 Å². The number of nitrogens with zero attached hydrogens (tertiary/aromatic N) is 8. The first-order chi connectivity index (χ1) is 27.8. The van der Waals surface area contributed by atoms with Crippen LogP contribution in [0.3, 0.4) is 0 Å². The maximum Gasteiger partial charge on any atom is 0.243 e. The Hall–Kier alpha value is -5.44. The summed E-state index contributed by atoms with van der Waals surface area (Å²) in [6, 6.07) is 22.1. The van der Waals surface area contributed by atoms with Gasteiger partial charge in [-0.25, -0.2) is 19.0 Å². The zero-order chi connectivity index (χ0) is 38.6. The molecule has 13 nitrogen and oxygen atoms in total. The molecule has 0 spiro atoms. The minimum atomic E-state index is -0.347. The lowest BCUT2D eigenvalue weighted by Gasteiger charge is -2.50. The lowest BCUT2D eigenvalue weighted by Crippen LogP contribution is -2.64. The van der Waals surface area contributed by atoms with Crippen LogP contribution in [0.2, 0.25) is 0 Å². The topological polar surface area (TPSA) is 138 Å². The fourth-order valence-electron chi connectivity index (χ4n) is 9.70. The van der Waals surface area contributed by atoms with Crippen LogP contribution in [0.4, 0.5) is 15.9 Å². The number of para-hydroxylation sites is 1. The third-order valence-electron chi connectivity index (χ3n) is 12.9. The summed E-state index contributed by atoms with van der Waals surface area (Å²) in [6.45, 7) is 6.87. The molecular weight excluding hydrogens is 724 g/mol. The lowest BCUT2D eigenvalue weighted by molar-refractivity contribution is -0.137. The van der Waals surface area contributed by atoms with Crippen LogP contribution in [-0.4, -0.2) is 104 Å². The summed E-state index contributed by atoms with van der Waals surface area (Å²) < 4.78 is 23.5. The maximum atomic E-state index is 15.4. The van der Waals surface area contributed by atoms with E-state index in [-0.39, 0.29) is 29.7 Å². The van der Waals surface area contributed by atoms with Gasteiger partial charge in [0.05, 0.1) is 23.2 Å². The molecular formula is C43H47FN10O3. The van der Waals surface area contributed by atoms with E-state index in [2.05, 4.69) is 39.6 Å². The van der Waals surface area contributed by atoms with Gasteiger partial charge in [-0.3, -0.25) is 29.6 Å². The molecule has 1 saturated carbocycles. The van der Waals surface area contributed by atoms with Crippen molar-refractivity contribution in [2.75, 3.05) is 49.9 Å². The number of nitrogen functional groups attached to an aromatic ring is 1. The first-order valence-corrected chi connectivity index (χ1v) is 20.3. The zero-order valence-corrected chi connectivity index (χ0v) is 31.9. The normalized spacial score (nSPS) is 23.7. The van der Waals surface area contributed by atoms with Crippen molar-refractivity contribution in [3.63, 3.8) is 0 Å². The Morgan fingerprint density at radius 1 is 0.754 bits per heavy atom. The second-order valence-electron chi connectivity index (χ2n) is 16.2. The van der Waals surface area contributed by atoms with Gasteiger partial charge in [-0.1, -0.05) is 18.2 Å². The molecule has 2 aromatic heterocycles. The number of benzene rings is 3. The molecule has 1 atom stereocenters. The molecule has 5 aliphatic rings. The number of hydrogen-bond donors (Lipinski definition) is 2. The van der Waals surface area contributed by atoms with Crippen molar-refractivity contribution >= 4 is 34.4 Å². The van der Waals surface area contributed by atoms with Gasteiger partial charge in [0.1, 0.15) is 35.2 Å². The van der Waals surface area contributed by atoms with E-state index in [9.17, 15) is 9.59 Å². The summed E-state index contributed by atoms with van der Waals surface area (Å²) in [7, 11) is 0. The Kier molecular flexibility index (Phi) is 9.34. The number of aromatic nitrogens is 4. The standard InChI is InChI=1S/C43H47FN10O3/c44-35-20-28-22-52(36-14-15-38(55)48-43(36)56)23-29(28)21-37(35)53-24-32(25-53)51-18-16-50(17-19-51)30-8-10-31(11-9-30)54-42-39(41(45)46-26-47-42)40(49-54)27-6-12-34(13-7-27)57-33-4-2-1-3-5-33/h1-7,12-13,20-21,26,30-32,36H,8-11,14-19,22-25H2,(H2,45,46,47)(H,48,55,56)/t30-,31-,36?. The Bertz CT molecular complexity index is 2300. The summed E-state index contributed by atoms with van der Waals surface area (Å²) in [4.78, 5) is 42.6. The highest BCUT2D eigenvalue weighted by Crippen LogP contribution is 2.39. The minimum absolute atomic E-state index is 0.198. The molecule has 294 valence electrons. The van der Waals surface area contributed by atoms with Crippen LogP contribution >= 0.6 is 0 Å². The molecule has 4 fully saturated rings. The first-order valence-electron chi connectivity index (χ1n) is 20.3. The number of nitrogens with one attached hydrogen (secondary N) is 1. The van der Waals surface area contributed by atoms with Crippen LogP contribution in [0.1, 0.15) is 55.7 Å². The zero-order valence-electron chi connectivity index (χ0n) is 31.9. The van der Waals surface area contributed by atoms with E-state index in [1.54, 1.807) is 6.07 Å². The van der Waals surface area contributed by atoms with Crippen molar-refractivity contribution in [2.45, 2.75) is 75.8 Å². The smallest absolute Gasteiger partial charge is 0.243 e. The van der Waals surface area contributed by atoms with Gasteiger partial charge in [0, 0.05) is 76.4 Å². The van der Waals surface area contributed by atoms with Gasteiger partial charge >= 0.3 is 0 Å². The largest absolute Gasteiger partial charge is 0.457 e. The van der Waals surface area contributed by atoms with Gasteiger partial charge in [0.25, 0.3) is 0 Å². The molecule has 14 heteroatoms. The third-order valence-corrected chi connectivity index (χ3v) is 12.9. The van der Waals surface area contributed by atoms with Crippen molar-refractivity contribution in [2.24, 2.45) is 0 Å². The number of piperazine rings is 1. The van der Waals surface area contributed by atoms with E-state index in [0.717, 1.165) is 110 Å². The number of carbonyl (C=O) groups is 2. The van der Waals surface area contributed by atoms with Crippen molar-refractivity contribution < 1.29 is 18.7 Å². The summed E-state index contributed by atoms with van der Waals surface area (Å²) in [5.74, 6) is 1.31. The van der Waals surface area contributed by atoms with E-state index in [4.69, 9.17) is 15.6 Å². The Morgan fingerprint density at radius 2 is 1.42 bits per heavy atom. The van der Waals surface area contributed by atoms with Gasteiger partial charge in [-0.15, -0.1) is 0 Å². The molecule has 57 heavy (non-hydrogen) atoms. The number of imide groups is 1. The fraction of sp³-hybridized carbons (Fsp3) is 0.419. The molecule has 1 unspecified atom stereocenters. The highest BCUT2D eigenvalue weighted by Gasteiger charge is 2.39. The van der Waals surface area contributed by atoms with Crippen molar-refractivity contribution in [3.05, 3.63) is 90.0 Å². The van der Waals surface area contributed by atoms with Crippen LogP contribution in [0.5, 0.6) is 11.5 Å². The second-order valence-corrected chi connectivity index (χ2v) is 16.2. The minimum Gasteiger partial charge on any atom is -0.457 e. The van der Waals surface area contributed by atoms with Crippen molar-refractivity contribution in [1.82, 2.24) is 39.8 Å². The summed E-state index contributed by atoms with van der Waals surface area (Å²) in [6.07, 6.45) is 6.62. The number of carbonyl (C=O) groups excluding carboxylic acids is 2. The predicted molar refractivity (Wildman–Crippen MR) is 214 cm³/mol. The molecule has 10 rings (SSSR count). The first kappa shape index (κ1) is 35.9. The summed E-state index contributed by atoms with van der Waals surface area (Å²) in [5.41, 5.74) is 11.6. The van der Waals surface area contributed by atoms with Gasteiger partial charge in [0.2, 0.25) is 11.8 Å². The lowest BCUT2D eigenvalue weighted by atomic mass is 9.89. The van der Waals surface area contributed by atoms with Gasteiger partial charge < -0.3 is 15.4 Å². The van der Waals surface area contributed by atoms with Crippen LogP contribution in [0, 0.1) is 5.82 Å². The molecule has 3 saturated heterocycles. The molecule has 1 aliphatic carbocycles. The van der Waals surface area contributed by atoms with Gasteiger partial charge in [-0.2, -0.15) is 5.10 Å². The number of halogens is 1. The quantitative estimate of drug-likeness (QED) is 0.204. The molecule has 0 radical (unpaired) electrons. The molecule has 2 amide bonds. The fourth-order valence-corrected chi connectivity index (χ4v) is 9.70. The Morgan fingerprint density at radius 3 is 2.14 bits per heavy atom. The number of fused-ring (bicyclic) bond motifs is 2. The Balaban J connectivity index is 0.728. The van der Waals surface area contributed by atoms with Crippen molar-refractivity contribution in [3.8, 4) is 22.8 Å². The number of anilines is 2. The Labute approximate surface area is 330 Å². The number of rotatable bonds is 8. The highest BCUT2D eigenvalue weighted by atomic mass is 19.1. The molecule has 6 heterocycles. The number of ether oxygens (including phenoxy) is 1. The van der Waals surface area contributed by atoms with Crippen LogP contribution in [0.15, 0.2) is 73.1 Å². The van der Waals surface area contributed by atoms with Crippen LogP contribution in [-0.2, 0) is 22.7 Å². The monoisotopic (exact) mass is 770 g/mol. The highest BCUT2D eigenvalue weighted by molar-refractivity contribution is 6.00. The van der Waals surface area contributed by atoms with Crippen LogP contribution < -0.4 is 20.7 Å². The average Bonchev–Trinajstić information content (AvgIpc) is 3.81. The van der Waals surface area contributed by atoms with Gasteiger partial charge in [0.15, 0.2) is 5.65 Å². The van der Waals surface area contributed by atoms with E-state index >= 15 is 4.39 Å². The molecule has 4 aliphatic heterocycles. The number of nitrogens with two attached hydrogens (primary N) is 1. The molecule has 0 bridgehead atoms. The van der Waals surface area contributed by atoms with E-state index in [1.807, 2.05) is 60.7 Å². The number of hydrogen-bond acceptors (Lipinski definition) is 11. The third kappa shape index (κ3) is 6.89.